The first-order valence-electron chi connectivity index (χ1n) is 8.77. The molecule has 7 heteroatoms. The Morgan fingerprint density at radius 2 is 2.12 bits per heavy atom. The van der Waals surface area contributed by atoms with Crippen LogP contribution in [0.4, 0.5) is 0 Å². The van der Waals surface area contributed by atoms with Crippen LogP contribution in [0, 0.1) is 11.3 Å². The second-order valence-corrected chi connectivity index (χ2v) is 7.82. The number of H-pyrrole nitrogens is 2. The van der Waals surface area contributed by atoms with Crippen molar-refractivity contribution < 1.29 is 0 Å². The lowest BCUT2D eigenvalue weighted by atomic mass is 9.79. The van der Waals surface area contributed by atoms with E-state index in [1.165, 1.54) is 6.20 Å². The molecule has 2 rings (SSSR count). The fourth-order valence-corrected chi connectivity index (χ4v) is 3.33. The average Bonchev–Trinajstić information content (AvgIpc) is 2.91. The van der Waals surface area contributed by atoms with Gasteiger partial charge in [-0.3, -0.25) is 14.7 Å². The summed E-state index contributed by atoms with van der Waals surface area (Å²) >= 11 is 0. The predicted octanol–water partition coefficient (Wildman–Crippen LogP) is 0.238. The molecule has 2 atom stereocenters. The largest absolute Gasteiger partial charge is 0.330 e. The molecule has 1 saturated heterocycles. The Kier molecular flexibility index (Phi) is 6.37. The summed E-state index contributed by atoms with van der Waals surface area (Å²) < 4.78 is 0. The quantitative estimate of drug-likeness (QED) is 0.570. The van der Waals surface area contributed by atoms with Crippen molar-refractivity contribution in [1.29, 1.82) is 0 Å². The third-order valence-electron chi connectivity index (χ3n) is 4.99. The molecule has 1 aromatic rings. The van der Waals surface area contributed by atoms with Gasteiger partial charge in [0.25, 0.3) is 5.56 Å². The molecule has 7 nitrogen and oxygen atoms in total. The highest BCUT2D eigenvalue weighted by Crippen LogP contribution is 2.36. The minimum atomic E-state index is -0.472. The summed E-state index contributed by atoms with van der Waals surface area (Å²) in [5.41, 5.74) is 5.71. The summed E-state index contributed by atoms with van der Waals surface area (Å²) in [5.74, 6) is 0.665. The van der Waals surface area contributed by atoms with Gasteiger partial charge in [0.05, 0.1) is 0 Å². The van der Waals surface area contributed by atoms with E-state index < -0.39 is 5.69 Å². The minimum Gasteiger partial charge on any atom is -0.330 e. The Bertz CT molecular complexity index is 631. The maximum absolute atomic E-state index is 11.7. The summed E-state index contributed by atoms with van der Waals surface area (Å²) in [5, 5.41) is 3.37. The topological polar surface area (TPSA) is 107 Å². The van der Waals surface area contributed by atoms with Crippen molar-refractivity contribution in [3.8, 4) is 0 Å². The molecule has 0 bridgehead atoms. The molecule has 2 heterocycles. The molecule has 0 aliphatic carbocycles. The SMILES string of the molecule is CC(C)(C)C1CC(CNCc2c[nH]c(=O)[nH]c2=O)N(CCCN)C1. The number of aromatic nitrogens is 2. The summed E-state index contributed by atoms with van der Waals surface area (Å²) in [4.78, 5) is 30.0. The first-order chi connectivity index (χ1) is 11.3. The van der Waals surface area contributed by atoms with Crippen LogP contribution in [0.15, 0.2) is 15.8 Å². The highest BCUT2D eigenvalue weighted by atomic mass is 16.2. The van der Waals surface area contributed by atoms with Crippen molar-refractivity contribution >= 4 is 0 Å². The maximum atomic E-state index is 11.7. The summed E-state index contributed by atoms with van der Waals surface area (Å²) in [6.45, 7) is 11.0. The van der Waals surface area contributed by atoms with E-state index in [0.717, 1.165) is 32.5 Å². The first kappa shape index (κ1) is 18.9. The van der Waals surface area contributed by atoms with E-state index in [1.807, 2.05) is 0 Å². The number of rotatable bonds is 7. The molecule has 0 saturated carbocycles. The number of hydrogen-bond donors (Lipinski definition) is 4. The summed E-state index contributed by atoms with van der Waals surface area (Å²) in [6, 6.07) is 0.461. The normalized spacial score (nSPS) is 22.2. The number of hydrogen-bond acceptors (Lipinski definition) is 5. The van der Waals surface area contributed by atoms with Gasteiger partial charge < -0.3 is 16.0 Å². The van der Waals surface area contributed by atoms with Crippen LogP contribution in [0.2, 0.25) is 0 Å². The molecule has 136 valence electrons. The molecule has 24 heavy (non-hydrogen) atoms. The van der Waals surface area contributed by atoms with E-state index in [0.29, 0.717) is 36.0 Å². The standard InChI is InChI=1S/C17H31N5O2/c1-17(2,3)13-7-14(22(11-13)6-4-5-18)10-19-8-12-9-20-16(24)21-15(12)23/h9,13-14,19H,4-8,10-11,18H2,1-3H3,(H2,20,21,23,24). The smallest absolute Gasteiger partial charge is 0.325 e. The van der Waals surface area contributed by atoms with Gasteiger partial charge in [-0.05, 0) is 37.3 Å². The van der Waals surface area contributed by atoms with Crippen LogP contribution in [0.25, 0.3) is 0 Å². The monoisotopic (exact) mass is 337 g/mol. The van der Waals surface area contributed by atoms with Crippen molar-refractivity contribution in [2.75, 3.05) is 26.2 Å². The molecule has 1 aliphatic rings. The number of nitrogens with two attached hydrogens (primary N) is 1. The van der Waals surface area contributed by atoms with Gasteiger partial charge in [0.1, 0.15) is 0 Å². The number of aromatic amines is 2. The molecule has 1 aromatic heterocycles. The van der Waals surface area contributed by atoms with Crippen LogP contribution in [0.1, 0.15) is 39.2 Å². The van der Waals surface area contributed by atoms with Gasteiger partial charge in [0.2, 0.25) is 0 Å². The molecule has 0 aromatic carbocycles. The van der Waals surface area contributed by atoms with Gasteiger partial charge in [-0.2, -0.15) is 0 Å². The van der Waals surface area contributed by atoms with Gasteiger partial charge >= 0.3 is 5.69 Å². The Hall–Kier alpha value is -1.44. The fraction of sp³-hybridized carbons (Fsp3) is 0.765. The molecule has 1 aliphatic heterocycles. The van der Waals surface area contributed by atoms with Crippen LogP contribution in [0.5, 0.6) is 0 Å². The van der Waals surface area contributed by atoms with Crippen LogP contribution in [-0.2, 0) is 6.54 Å². The third-order valence-corrected chi connectivity index (χ3v) is 4.99. The molecule has 1 fully saturated rings. The molecule has 0 spiro atoms. The Labute approximate surface area is 143 Å². The predicted molar refractivity (Wildman–Crippen MR) is 96.0 cm³/mol. The average molecular weight is 337 g/mol. The molecule has 0 amide bonds. The Morgan fingerprint density at radius 1 is 1.38 bits per heavy atom. The van der Waals surface area contributed by atoms with Crippen LogP contribution >= 0.6 is 0 Å². The second kappa shape index (κ2) is 8.09. The van der Waals surface area contributed by atoms with Crippen LogP contribution < -0.4 is 22.3 Å². The maximum Gasteiger partial charge on any atom is 0.325 e. The lowest BCUT2D eigenvalue weighted by Crippen LogP contribution is -2.39. The van der Waals surface area contributed by atoms with Gasteiger partial charge in [-0.15, -0.1) is 0 Å². The number of likely N-dealkylation sites (tertiary alicyclic amines) is 1. The molecular formula is C17H31N5O2. The Balaban J connectivity index is 1.92. The zero-order chi connectivity index (χ0) is 17.7. The highest BCUT2D eigenvalue weighted by molar-refractivity contribution is 5.03. The van der Waals surface area contributed by atoms with E-state index in [9.17, 15) is 9.59 Å². The Morgan fingerprint density at radius 3 is 2.75 bits per heavy atom. The zero-order valence-electron chi connectivity index (χ0n) is 15.0. The minimum absolute atomic E-state index is 0.297. The van der Waals surface area contributed by atoms with E-state index in [4.69, 9.17) is 5.73 Å². The molecular weight excluding hydrogens is 306 g/mol. The van der Waals surface area contributed by atoms with E-state index >= 15 is 0 Å². The number of nitrogens with zero attached hydrogens (tertiary/aromatic N) is 1. The second-order valence-electron chi connectivity index (χ2n) is 7.82. The van der Waals surface area contributed by atoms with Crippen molar-refractivity contribution in [3.05, 3.63) is 32.6 Å². The zero-order valence-corrected chi connectivity index (χ0v) is 15.0. The van der Waals surface area contributed by atoms with Gasteiger partial charge in [-0.25, -0.2) is 4.79 Å². The van der Waals surface area contributed by atoms with Crippen molar-refractivity contribution in [3.63, 3.8) is 0 Å². The van der Waals surface area contributed by atoms with E-state index in [-0.39, 0.29) is 5.56 Å². The lowest BCUT2D eigenvalue weighted by molar-refractivity contribution is 0.216. The van der Waals surface area contributed by atoms with Crippen LogP contribution in [0.3, 0.4) is 0 Å². The molecule has 0 radical (unpaired) electrons. The first-order valence-corrected chi connectivity index (χ1v) is 8.77. The summed E-state index contributed by atoms with van der Waals surface area (Å²) in [6.07, 6.45) is 3.64. The highest BCUT2D eigenvalue weighted by Gasteiger charge is 2.37. The van der Waals surface area contributed by atoms with Crippen LogP contribution in [-0.4, -0.2) is 47.1 Å². The summed E-state index contributed by atoms with van der Waals surface area (Å²) in [7, 11) is 0. The van der Waals surface area contributed by atoms with Crippen molar-refractivity contribution in [2.45, 2.75) is 46.2 Å². The van der Waals surface area contributed by atoms with E-state index in [2.05, 4.69) is 41.0 Å². The van der Waals surface area contributed by atoms with Crippen molar-refractivity contribution in [2.24, 2.45) is 17.1 Å². The van der Waals surface area contributed by atoms with Gasteiger partial charge in [-0.1, -0.05) is 20.8 Å². The third kappa shape index (κ3) is 5.03. The van der Waals surface area contributed by atoms with Gasteiger partial charge in [0, 0.05) is 37.4 Å². The fourth-order valence-electron chi connectivity index (χ4n) is 3.33. The van der Waals surface area contributed by atoms with Crippen molar-refractivity contribution in [1.82, 2.24) is 20.2 Å². The van der Waals surface area contributed by atoms with E-state index in [1.54, 1.807) is 0 Å². The van der Waals surface area contributed by atoms with Gasteiger partial charge in [0.15, 0.2) is 0 Å². The molecule has 2 unspecified atom stereocenters. The molecule has 5 N–H and O–H groups in total. The number of nitrogens with one attached hydrogen (secondary N) is 3. The lowest BCUT2D eigenvalue weighted by Gasteiger charge is -2.27.